The highest BCUT2D eigenvalue weighted by Gasteiger charge is 2.30. The highest BCUT2D eigenvalue weighted by molar-refractivity contribution is 9.10. The first-order valence-corrected chi connectivity index (χ1v) is 8.84. The number of rotatable bonds is 3. The molecule has 1 aliphatic carbocycles. The molecule has 21 heavy (non-hydrogen) atoms. The van der Waals surface area contributed by atoms with Crippen molar-refractivity contribution in [1.29, 1.82) is 0 Å². The second-order valence-corrected chi connectivity index (χ2v) is 7.02. The molecule has 1 aromatic carbocycles. The van der Waals surface area contributed by atoms with E-state index in [1.807, 2.05) is 0 Å². The van der Waals surface area contributed by atoms with Gasteiger partial charge in [0.1, 0.15) is 13.2 Å². The van der Waals surface area contributed by atoms with Crippen LogP contribution in [-0.4, -0.2) is 19.8 Å². The standard InChI is InChI=1S/C17H24BrNO2/c1-3-6-19-14-9-11(2)4-5-12-13(18)10-15-17(16(12)14)21-8-7-20-15/h10-11,14,19H,3-9H2,1-2H3. The second-order valence-electron chi connectivity index (χ2n) is 6.16. The molecule has 116 valence electrons. The maximum absolute atomic E-state index is 5.99. The average Bonchev–Trinajstić information content (AvgIpc) is 2.65. The molecule has 4 heteroatoms. The third kappa shape index (κ3) is 3.07. The quantitative estimate of drug-likeness (QED) is 0.824. The van der Waals surface area contributed by atoms with Gasteiger partial charge in [-0.2, -0.15) is 0 Å². The molecule has 1 aromatic rings. The summed E-state index contributed by atoms with van der Waals surface area (Å²) < 4.78 is 13.0. The molecule has 1 heterocycles. The molecule has 0 saturated carbocycles. The van der Waals surface area contributed by atoms with Crippen molar-refractivity contribution in [1.82, 2.24) is 5.32 Å². The van der Waals surface area contributed by atoms with Crippen LogP contribution in [0.2, 0.25) is 0 Å². The molecule has 3 rings (SSSR count). The van der Waals surface area contributed by atoms with Gasteiger partial charge < -0.3 is 14.8 Å². The van der Waals surface area contributed by atoms with E-state index in [0.29, 0.717) is 19.3 Å². The van der Waals surface area contributed by atoms with Crippen molar-refractivity contribution in [2.45, 2.75) is 45.6 Å². The minimum Gasteiger partial charge on any atom is -0.486 e. The molecule has 0 aromatic heterocycles. The average molecular weight is 354 g/mol. The molecule has 0 radical (unpaired) electrons. The Balaban J connectivity index is 2.07. The first-order valence-electron chi connectivity index (χ1n) is 8.05. The van der Waals surface area contributed by atoms with Crippen molar-refractivity contribution in [3.05, 3.63) is 21.7 Å². The van der Waals surface area contributed by atoms with Crippen molar-refractivity contribution in [2.75, 3.05) is 19.8 Å². The predicted molar refractivity (Wildman–Crippen MR) is 88.3 cm³/mol. The van der Waals surface area contributed by atoms with Crippen LogP contribution in [0.25, 0.3) is 0 Å². The van der Waals surface area contributed by atoms with Gasteiger partial charge in [-0.05, 0) is 49.8 Å². The summed E-state index contributed by atoms with van der Waals surface area (Å²) in [7, 11) is 0. The van der Waals surface area contributed by atoms with Crippen LogP contribution in [0, 0.1) is 5.92 Å². The molecule has 0 bridgehead atoms. The van der Waals surface area contributed by atoms with E-state index in [9.17, 15) is 0 Å². The fourth-order valence-corrected chi connectivity index (χ4v) is 3.99. The summed E-state index contributed by atoms with van der Waals surface area (Å²) in [6.07, 6.45) is 4.65. The van der Waals surface area contributed by atoms with Crippen LogP contribution in [0.4, 0.5) is 0 Å². The number of hydrogen-bond acceptors (Lipinski definition) is 3. The minimum absolute atomic E-state index is 0.366. The Morgan fingerprint density at radius 2 is 2.14 bits per heavy atom. The number of ether oxygens (including phenoxy) is 2. The Morgan fingerprint density at radius 3 is 2.95 bits per heavy atom. The summed E-state index contributed by atoms with van der Waals surface area (Å²) in [5.41, 5.74) is 2.73. The molecular formula is C17H24BrNO2. The van der Waals surface area contributed by atoms with E-state index in [4.69, 9.17) is 9.47 Å². The summed E-state index contributed by atoms with van der Waals surface area (Å²) in [4.78, 5) is 0. The molecule has 0 saturated heterocycles. The number of halogens is 1. The lowest BCUT2D eigenvalue weighted by Crippen LogP contribution is -2.26. The fraction of sp³-hybridized carbons (Fsp3) is 0.647. The van der Waals surface area contributed by atoms with Gasteiger partial charge in [0.2, 0.25) is 0 Å². The van der Waals surface area contributed by atoms with Crippen LogP contribution in [0.15, 0.2) is 10.5 Å². The Hall–Kier alpha value is -0.740. The maximum Gasteiger partial charge on any atom is 0.166 e. The van der Waals surface area contributed by atoms with Crippen LogP contribution in [0.1, 0.15) is 50.3 Å². The smallest absolute Gasteiger partial charge is 0.166 e. The van der Waals surface area contributed by atoms with Crippen molar-refractivity contribution >= 4 is 15.9 Å². The molecule has 2 unspecified atom stereocenters. The van der Waals surface area contributed by atoms with Gasteiger partial charge in [-0.25, -0.2) is 0 Å². The molecule has 0 amide bonds. The van der Waals surface area contributed by atoms with E-state index < -0.39 is 0 Å². The number of benzene rings is 1. The molecule has 1 aliphatic heterocycles. The summed E-state index contributed by atoms with van der Waals surface area (Å²) in [6, 6.07) is 2.45. The molecule has 0 fully saturated rings. The molecule has 1 N–H and O–H groups in total. The van der Waals surface area contributed by atoms with E-state index in [0.717, 1.165) is 36.8 Å². The monoisotopic (exact) mass is 353 g/mol. The van der Waals surface area contributed by atoms with E-state index in [2.05, 4.69) is 41.2 Å². The minimum atomic E-state index is 0.366. The van der Waals surface area contributed by atoms with Gasteiger partial charge in [0.25, 0.3) is 0 Å². The highest BCUT2D eigenvalue weighted by atomic mass is 79.9. The third-order valence-electron chi connectivity index (χ3n) is 4.44. The van der Waals surface area contributed by atoms with Gasteiger partial charge in [-0.1, -0.05) is 29.8 Å². The van der Waals surface area contributed by atoms with Gasteiger partial charge in [0.05, 0.1) is 0 Å². The summed E-state index contributed by atoms with van der Waals surface area (Å²) >= 11 is 3.75. The highest BCUT2D eigenvalue weighted by Crippen LogP contribution is 2.46. The number of hydrogen-bond donors (Lipinski definition) is 1. The van der Waals surface area contributed by atoms with Gasteiger partial charge >= 0.3 is 0 Å². The van der Waals surface area contributed by atoms with E-state index in [1.54, 1.807) is 0 Å². The van der Waals surface area contributed by atoms with Crippen LogP contribution >= 0.6 is 15.9 Å². The Bertz CT molecular complexity index is 518. The number of fused-ring (bicyclic) bond motifs is 3. The van der Waals surface area contributed by atoms with Gasteiger partial charge in [0.15, 0.2) is 11.5 Å². The van der Waals surface area contributed by atoms with Crippen molar-refractivity contribution < 1.29 is 9.47 Å². The largest absolute Gasteiger partial charge is 0.486 e. The van der Waals surface area contributed by atoms with E-state index in [1.165, 1.54) is 28.4 Å². The van der Waals surface area contributed by atoms with Gasteiger partial charge in [0, 0.05) is 16.1 Å². The first kappa shape index (κ1) is 15.2. The molecule has 0 spiro atoms. The lowest BCUT2D eigenvalue weighted by molar-refractivity contribution is 0.168. The normalized spacial score (nSPS) is 24.3. The Kier molecular flexibility index (Phi) is 4.75. The SMILES string of the molecule is CCCNC1CC(C)CCc2c(Br)cc3c(c21)OCCO3. The van der Waals surface area contributed by atoms with Crippen molar-refractivity contribution in [2.24, 2.45) is 5.92 Å². The number of nitrogens with one attached hydrogen (secondary N) is 1. The Morgan fingerprint density at radius 1 is 1.33 bits per heavy atom. The van der Waals surface area contributed by atoms with Crippen LogP contribution in [0.5, 0.6) is 11.5 Å². The lowest BCUT2D eigenvalue weighted by atomic mass is 9.95. The molecule has 2 aliphatic rings. The van der Waals surface area contributed by atoms with Crippen LogP contribution in [0.3, 0.4) is 0 Å². The van der Waals surface area contributed by atoms with E-state index >= 15 is 0 Å². The predicted octanol–water partition coefficient (Wildman–Crippen LogP) is 4.23. The first-order chi connectivity index (χ1) is 10.2. The van der Waals surface area contributed by atoms with Crippen LogP contribution < -0.4 is 14.8 Å². The van der Waals surface area contributed by atoms with Gasteiger partial charge in [-0.15, -0.1) is 0 Å². The zero-order valence-electron chi connectivity index (χ0n) is 12.9. The van der Waals surface area contributed by atoms with Crippen molar-refractivity contribution in [3.8, 4) is 11.5 Å². The fourth-order valence-electron chi connectivity index (χ4n) is 3.37. The zero-order chi connectivity index (χ0) is 14.8. The lowest BCUT2D eigenvalue weighted by Gasteiger charge is -2.28. The maximum atomic E-state index is 5.99. The zero-order valence-corrected chi connectivity index (χ0v) is 14.5. The Labute approximate surface area is 135 Å². The molecule has 2 atom stereocenters. The molecule has 3 nitrogen and oxygen atoms in total. The molecular weight excluding hydrogens is 330 g/mol. The van der Waals surface area contributed by atoms with Gasteiger partial charge in [-0.3, -0.25) is 0 Å². The topological polar surface area (TPSA) is 30.5 Å². The summed E-state index contributed by atoms with van der Waals surface area (Å²) in [5, 5.41) is 3.72. The van der Waals surface area contributed by atoms with E-state index in [-0.39, 0.29) is 0 Å². The summed E-state index contributed by atoms with van der Waals surface area (Å²) in [5.74, 6) is 2.59. The summed E-state index contributed by atoms with van der Waals surface area (Å²) in [6.45, 7) is 6.89. The van der Waals surface area contributed by atoms with Crippen molar-refractivity contribution in [3.63, 3.8) is 0 Å². The van der Waals surface area contributed by atoms with Crippen LogP contribution in [-0.2, 0) is 6.42 Å². The second kappa shape index (κ2) is 6.57. The third-order valence-corrected chi connectivity index (χ3v) is 5.15.